The Morgan fingerprint density at radius 1 is 0.946 bits per heavy atom. The van der Waals surface area contributed by atoms with E-state index in [1.165, 1.54) is 23.5 Å². The van der Waals surface area contributed by atoms with Gasteiger partial charge in [-0.2, -0.15) is 11.8 Å². The fraction of sp³-hybridized carbons (Fsp3) is 0.179. The van der Waals surface area contributed by atoms with Crippen molar-refractivity contribution < 1.29 is 22.4 Å². The van der Waals surface area contributed by atoms with E-state index in [9.17, 15) is 13.2 Å². The lowest BCUT2D eigenvalue weighted by atomic mass is 10.1. The first-order chi connectivity index (χ1) is 18.0. The highest BCUT2D eigenvalue weighted by atomic mass is 32.2. The molecule has 4 aromatic rings. The zero-order valence-electron chi connectivity index (χ0n) is 20.4. The number of anilines is 1. The van der Waals surface area contributed by atoms with Crippen LogP contribution >= 0.6 is 11.8 Å². The van der Waals surface area contributed by atoms with Crippen molar-refractivity contribution in [3.8, 4) is 5.75 Å². The van der Waals surface area contributed by atoms with Crippen molar-refractivity contribution in [2.24, 2.45) is 0 Å². The Morgan fingerprint density at radius 2 is 1.68 bits per heavy atom. The molecule has 0 saturated heterocycles. The van der Waals surface area contributed by atoms with E-state index in [4.69, 9.17) is 9.15 Å². The van der Waals surface area contributed by atoms with E-state index in [2.05, 4.69) is 5.32 Å². The number of methoxy groups -OCH3 is 1. The molecular weight excluding hydrogens is 508 g/mol. The van der Waals surface area contributed by atoms with E-state index in [1.807, 2.05) is 42.5 Å². The molecule has 1 aromatic heterocycles. The zero-order valence-corrected chi connectivity index (χ0v) is 22.0. The van der Waals surface area contributed by atoms with Crippen LogP contribution in [-0.2, 0) is 22.3 Å². The second kappa shape index (κ2) is 12.5. The maximum absolute atomic E-state index is 13.9. The SMILES string of the molecule is COc1ccc(S(=O)(=O)N(Cc2ccccc2)c2ccccc2C(=O)NCCSCc2ccco2)cc1. The highest BCUT2D eigenvalue weighted by Crippen LogP contribution is 2.30. The van der Waals surface area contributed by atoms with Crippen molar-refractivity contribution >= 4 is 33.4 Å². The van der Waals surface area contributed by atoms with Gasteiger partial charge >= 0.3 is 0 Å². The van der Waals surface area contributed by atoms with Gasteiger partial charge in [0, 0.05) is 12.3 Å². The summed E-state index contributed by atoms with van der Waals surface area (Å²) in [4.78, 5) is 13.3. The molecule has 0 aliphatic rings. The summed E-state index contributed by atoms with van der Waals surface area (Å²) in [6.45, 7) is 0.501. The number of hydrogen-bond acceptors (Lipinski definition) is 6. The maximum atomic E-state index is 13.9. The number of para-hydroxylation sites is 1. The Labute approximate surface area is 221 Å². The van der Waals surface area contributed by atoms with Gasteiger partial charge in [0.15, 0.2) is 0 Å². The predicted octanol–water partition coefficient (Wildman–Crippen LogP) is 5.35. The monoisotopic (exact) mass is 536 g/mol. The molecule has 9 heteroatoms. The minimum absolute atomic E-state index is 0.0680. The second-order valence-corrected chi connectivity index (χ2v) is 11.0. The van der Waals surface area contributed by atoms with Gasteiger partial charge < -0.3 is 14.5 Å². The van der Waals surface area contributed by atoms with Crippen molar-refractivity contribution in [3.63, 3.8) is 0 Å². The third-order valence-electron chi connectivity index (χ3n) is 5.59. The van der Waals surface area contributed by atoms with Crippen LogP contribution in [0.2, 0.25) is 0 Å². The molecular formula is C28H28N2O5S2. The van der Waals surface area contributed by atoms with Crippen LogP contribution in [0.4, 0.5) is 5.69 Å². The standard InChI is InChI=1S/C28H28N2O5S2/c1-34-23-13-15-25(16-14-23)37(32,33)30(20-22-8-3-2-4-9-22)27-12-6-5-11-26(27)28(31)29-17-19-36-21-24-10-7-18-35-24/h2-16,18H,17,19-21H2,1H3,(H,29,31). The largest absolute Gasteiger partial charge is 0.497 e. The number of carbonyl (C=O) groups is 1. The predicted molar refractivity (Wildman–Crippen MR) is 146 cm³/mol. The number of hydrogen-bond donors (Lipinski definition) is 1. The fourth-order valence-corrected chi connectivity index (χ4v) is 5.93. The number of amides is 1. The summed E-state index contributed by atoms with van der Waals surface area (Å²) in [5, 5.41) is 2.92. The molecule has 3 aromatic carbocycles. The summed E-state index contributed by atoms with van der Waals surface area (Å²) in [7, 11) is -2.48. The summed E-state index contributed by atoms with van der Waals surface area (Å²) >= 11 is 1.64. The van der Waals surface area contributed by atoms with E-state index in [-0.39, 0.29) is 22.9 Å². The van der Waals surface area contributed by atoms with Crippen LogP contribution in [0.3, 0.4) is 0 Å². The van der Waals surface area contributed by atoms with Gasteiger partial charge in [-0.1, -0.05) is 42.5 Å². The number of sulfonamides is 1. The lowest BCUT2D eigenvalue weighted by Crippen LogP contribution is -2.34. The molecule has 1 N–H and O–H groups in total. The number of thioether (sulfide) groups is 1. The molecule has 1 heterocycles. The first kappa shape index (κ1) is 26.4. The van der Waals surface area contributed by atoms with Crippen LogP contribution < -0.4 is 14.4 Å². The van der Waals surface area contributed by atoms with Gasteiger partial charge in [0.05, 0.1) is 41.8 Å². The average Bonchev–Trinajstić information content (AvgIpc) is 3.45. The number of benzene rings is 3. The quantitative estimate of drug-likeness (QED) is 0.246. The molecule has 7 nitrogen and oxygen atoms in total. The van der Waals surface area contributed by atoms with E-state index >= 15 is 0 Å². The molecule has 0 radical (unpaired) electrons. The fourth-order valence-electron chi connectivity index (χ4n) is 3.71. The summed E-state index contributed by atoms with van der Waals surface area (Å²) in [5.41, 5.74) is 1.39. The van der Waals surface area contributed by atoms with Crippen LogP contribution in [0.15, 0.2) is 107 Å². The molecule has 1 amide bonds. The number of ether oxygens (including phenoxy) is 1. The van der Waals surface area contributed by atoms with E-state index in [0.29, 0.717) is 29.5 Å². The highest BCUT2D eigenvalue weighted by Gasteiger charge is 2.28. The molecule has 0 spiro atoms. The van der Waals surface area contributed by atoms with Gasteiger partial charge in [-0.25, -0.2) is 8.42 Å². The van der Waals surface area contributed by atoms with Crippen LogP contribution in [0, 0.1) is 0 Å². The number of nitrogens with one attached hydrogen (secondary N) is 1. The Balaban J connectivity index is 1.58. The van der Waals surface area contributed by atoms with Crippen LogP contribution in [-0.4, -0.2) is 33.7 Å². The van der Waals surface area contributed by atoms with Gasteiger partial charge in [0.2, 0.25) is 0 Å². The van der Waals surface area contributed by atoms with Gasteiger partial charge in [0.1, 0.15) is 11.5 Å². The lowest BCUT2D eigenvalue weighted by Gasteiger charge is -2.26. The average molecular weight is 537 g/mol. The molecule has 192 valence electrons. The Morgan fingerprint density at radius 3 is 2.38 bits per heavy atom. The summed E-state index contributed by atoms with van der Waals surface area (Å²) in [6.07, 6.45) is 1.63. The molecule has 0 aliphatic heterocycles. The topological polar surface area (TPSA) is 88.9 Å². The first-order valence-electron chi connectivity index (χ1n) is 11.7. The van der Waals surface area contributed by atoms with Crippen molar-refractivity contribution in [1.82, 2.24) is 5.32 Å². The Bertz CT molecular complexity index is 1390. The van der Waals surface area contributed by atoms with Crippen molar-refractivity contribution in [3.05, 3.63) is 114 Å². The molecule has 0 saturated carbocycles. The summed E-state index contributed by atoms with van der Waals surface area (Å²) < 4.78 is 39.5. The number of furan rings is 1. The maximum Gasteiger partial charge on any atom is 0.264 e. The van der Waals surface area contributed by atoms with Crippen molar-refractivity contribution in [1.29, 1.82) is 0 Å². The summed E-state index contributed by atoms with van der Waals surface area (Å²) in [6, 6.07) is 26.0. The lowest BCUT2D eigenvalue weighted by molar-refractivity contribution is 0.0957. The van der Waals surface area contributed by atoms with E-state index in [1.54, 1.807) is 54.4 Å². The molecule has 0 fully saturated rings. The minimum Gasteiger partial charge on any atom is -0.497 e. The number of nitrogens with zero attached hydrogens (tertiary/aromatic N) is 1. The minimum atomic E-state index is -4.00. The van der Waals surface area contributed by atoms with Gasteiger partial charge in [-0.3, -0.25) is 9.10 Å². The van der Waals surface area contributed by atoms with E-state index in [0.717, 1.165) is 11.3 Å². The smallest absolute Gasteiger partial charge is 0.264 e. The third-order valence-corrected chi connectivity index (χ3v) is 8.35. The Hall–Kier alpha value is -3.69. The normalized spacial score (nSPS) is 11.2. The molecule has 0 bridgehead atoms. The zero-order chi connectivity index (χ0) is 26.1. The van der Waals surface area contributed by atoms with Crippen molar-refractivity contribution in [2.45, 2.75) is 17.2 Å². The van der Waals surface area contributed by atoms with Crippen molar-refractivity contribution in [2.75, 3.05) is 23.7 Å². The first-order valence-corrected chi connectivity index (χ1v) is 14.3. The van der Waals surface area contributed by atoms with Gasteiger partial charge in [0.25, 0.3) is 15.9 Å². The highest BCUT2D eigenvalue weighted by molar-refractivity contribution is 7.98. The molecule has 0 atom stereocenters. The third kappa shape index (κ3) is 6.75. The molecule has 0 aliphatic carbocycles. The summed E-state index contributed by atoms with van der Waals surface area (Å²) in [5.74, 6) is 2.49. The number of carbonyl (C=O) groups excluding carboxylic acids is 1. The van der Waals surface area contributed by atoms with Crippen LogP contribution in [0.1, 0.15) is 21.7 Å². The van der Waals surface area contributed by atoms with Crippen LogP contribution in [0.5, 0.6) is 5.75 Å². The molecule has 0 unspecified atom stereocenters. The van der Waals surface area contributed by atoms with Gasteiger partial charge in [-0.05, 0) is 54.1 Å². The van der Waals surface area contributed by atoms with Gasteiger partial charge in [-0.15, -0.1) is 0 Å². The second-order valence-electron chi connectivity index (χ2n) is 8.08. The number of rotatable bonds is 12. The van der Waals surface area contributed by atoms with Crippen LogP contribution in [0.25, 0.3) is 0 Å². The molecule has 37 heavy (non-hydrogen) atoms. The Kier molecular flexibility index (Phi) is 8.92. The molecule has 4 rings (SSSR count). The van der Waals surface area contributed by atoms with E-state index < -0.39 is 10.0 Å².